The van der Waals surface area contributed by atoms with E-state index in [2.05, 4.69) is 10.3 Å². The molecule has 0 aliphatic carbocycles. The molecule has 1 saturated heterocycles. The molecule has 0 spiro atoms. The van der Waals surface area contributed by atoms with Gasteiger partial charge in [0.2, 0.25) is 11.8 Å². The highest BCUT2D eigenvalue weighted by molar-refractivity contribution is 7.17. The van der Waals surface area contributed by atoms with Crippen molar-refractivity contribution >= 4 is 39.9 Å². The average Bonchev–Trinajstić information content (AvgIpc) is 3.20. The van der Waals surface area contributed by atoms with Gasteiger partial charge in [-0.25, -0.2) is 9.78 Å². The molecule has 8 heteroatoms. The van der Waals surface area contributed by atoms with Crippen LogP contribution in [-0.2, 0) is 14.3 Å². The number of nitrogens with zero attached hydrogens (tertiary/aromatic N) is 2. The second-order valence-corrected chi connectivity index (χ2v) is 7.82. The molecule has 2 heterocycles. The van der Waals surface area contributed by atoms with Crippen molar-refractivity contribution in [3.05, 3.63) is 39.9 Å². The maximum Gasteiger partial charge on any atom is 0.350 e. The first-order valence-corrected chi connectivity index (χ1v) is 9.94. The van der Waals surface area contributed by atoms with Gasteiger partial charge in [0.15, 0.2) is 5.13 Å². The molecule has 2 amide bonds. The molecule has 1 aromatic carbocycles. The number of aryl methyl sites for hydroxylation is 3. The predicted molar refractivity (Wildman–Crippen MR) is 108 cm³/mol. The number of aromatic nitrogens is 1. The summed E-state index contributed by atoms with van der Waals surface area (Å²) in [5, 5.41) is 3.07. The summed E-state index contributed by atoms with van der Waals surface area (Å²) >= 11 is 1.08. The second-order valence-electron chi connectivity index (χ2n) is 6.82. The Morgan fingerprint density at radius 1 is 1.29 bits per heavy atom. The predicted octanol–water partition coefficient (Wildman–Crippen LogP) is 3.24. The Bertz CT molecular complexity index is 938. The van der Waals surface area contributed by atoms with Crippen molar-refractivity contribution in [2.45, 2.75) is 34.1 Å². The number of carbonyl (C=O) groups excluding carboxylic acids is 3. The molecule has 0 unspecified atom stereocenters. The molecule has 148 valence electrons. The molecule has 1 aliphatic heterocycles. The van der Waals surface area contributed by atoms with Gasteiger partial charge in [-0.05, 0) is 51.0 Å². The second kappa shape index (κ2) is 8.10. The Labute approximate surface area is 167 Å². The highest BCUT2D eigenvalue weighted by atomic mass is 32.1. The molecule has 0 radical (unpaired) electrons. The van der Waals surface area contributed by atoms with Crippen molar-refractivity contribution in [1.29, 1.82) is 0 Å². The molecule has 0 bridgehead atoms. The number of carbonyl (C=O) groups is 3. The molecule has 3 rings (SSSR count). The minimum absolute atomic E-state index is 0.0778. The SMILES string of the molecule is CCOC(=O)c1sc(NC(=O)[C@H]2CC(=O)N(c3ccc(C)c(C)c3)C2)nc1C. The lowest BCUT2D eigenvalue weighted by atomic mass is 10.1. The number of nitrogens with one attached hydrogen (secondary N) is 1. The maximum atomic E-state index is 12.6. The van der Waals surface area contributed by atoms with Gasteiger partial charge in [0, 0.05) is 18.7 Å². The van der Waals surface area contributed by atoms with E-state index < -0.39 is 11.9 Å². The number of esters is 1. The van der Waals surface area contributed by atoms with E-state index in [-0.39, 0.29) is 24.8 Å². The Kier molecular flexibility index (Phi) is 5.79. The lowest BCUT2D eigenvalue weighted by Gasteiger charge is -2.17. The first kappa shape index (κ1) is 20.0. The van der Waals surface area contributed by atoms with Crippen LogP contribution in [0.25, 0.3) is 0 Å². The largest absolute Gasteiger partial charge is 0.462 e. The van der Waals surface area contributed by atoms with Crippen LogP contribution in [0.2, 0.25) is 0 Å². The van der Waals surface area contributed by atoms with Gasteiger partial charge in [-0.2, -0.15) is 0 Å². The third-order valence-electron chi connectivity index (χ3n) is 4.79. The zero-order valence-corrected chi connectivity index (χ0v) is 17.2. The van der Waals surface area contributed by atoms with Crippen LogP contribution in [0.3, 0.4) is 0 Å². The molecule has 1 N–H and O–H groups in total. The van der Waals surface area contributed by atoms with Crippen LogP contribution in [0, 0.1) is 26.7 Å². The Balaban J connectivity index is 1.69. The number of anilines is 2. The zero-order chi connectivity index (χ0) is 20.4. The van der Waals surface area contributed by atoms with E-state index in [0.717, 1.165) is 28.2 Å². The number of hydrogen-bond donors (Lipinski definition) is 1. The fraction of sp³-hybridized carbons (Fsp3) is 0.400. The molecule has 7 nitrogen and oxygen atoms in total. The molecular formula is C20H23N3O4S. The summed E-state index contributed by atoms with van der Waals surface area (Å²) in [4.78, 5) is 43.2. The quantitative estimate of drug-likeness (QED) is 0.777. The van der Waals surface area contributed by atoms with Crippen molar-refractivity contribution in [2.24, 2.45) is 5.92 Å². The van der Waals surface area contributed by atoms with E-state index in [0.29, 0.717) is 22.2 Å². The molecule has 28 heavy (non-hydrogen) atoms. The lowest BCUT2D eigenvalue weighted by molar-refractivity contribution is -0.122. The summed E-state index contributed by atoms with van der Waals surface area (Å²) in [6.45, 7) is 8.03. The monoisotopic (exact) mass is 401 g/mol. The summed E-state index contributed by atoms with van der Waals surface area (Å²) in [6.07, 6.45) is 0.147. The Morgan fingerprint density at radius 3 is 2.71 bits per heavy atom. The van der Waals surface area contributed by atoms with E-state index in [4.69, 9.17) is 4.74 Å². The number of rotatable bonds is 5. The molecule has 1 aliphatic rings. The van der Waals surface area contributed by atoms with Gasteiger partial charge in [0.1, 0.15) is 4.88 Å². The van der Waals surface area contributed by atoms with Gasteiger partial charge in [-0.15, -0.1) is 0 Å². The Hall–Kier alpha value is -2.74. The summed E-state index contributed by atoms with van der Waals surface area (Å²) in [5.74, 6) is -1.27. The van der Waals surface area contributed by atoms with Gasteiger partial charge in [0.05, 0.1) is 18.2 Å². The van der Waals surface area contributed by atoms with Gasteiger partial charge < -0.3 is 15.0 Å². The third kappa shape index (κ3) is 4.06. The maximum absolute atomic E-state index is 12.6. The van der Waals surface area contributed by atoms with Crippen molar-refractivity contribution in [3.63, 3.8) is 0 Å². The highest BCUT2D eigenvalue weighted by Crippen LogP contribution is 2.29. The average molecular weight is 401 g/mol. The van der Waals surface area contributed by atoms with Crippen LogP contribution in [0.5, 0.6) is 0 Å². The van der Waals surface area contributed by atoms with E-state index >= 15 is 0 Å². The first-order chi connectivity index (χ1) is 13.3. The van der Waals surface area contributed by atoms with Gasteiger partial charge in [-0.1, -0.05) is 17.4 Å². The number of hydrogen-bond acceptors (Lipinski definition) is 6. The smallest absolute Gasteiger partial charge is 0.350 e. The van der Waals surface area contributed by atoms with Crippen molar-refractivity contribution in [3.8, 4) is 0 Å². The van der Waals surface area contributed by atoms with Crippen molar-refractivity contribution < 1.29 is 19.1 Å². The van der Waals surface area contributed by atoms with Crippen molar-refractivity contribution in [2.75, 3.05) is 23.4 Å². The minimum atomic E-state index is -0.468. The van der Waals surface area contributed by atoms with Crippen LogP contribution >= 0.6 is 11.3 Å². The van der Waals surface area contributed by atoms with E-state index in [1.807, 2.05) is 32.0 Å². The normalized spacial score (nSPS) is 16.4. The topological polar surface area (TPSA) is 88.6 Å². The molecule has 1 aromatic heterocycles. The van der Waals surface area contributed by atoms with Gasteiger partial charge >= 0.3 is 5.97 Å². The molecule has 1 fully saturated rings. The summed E-state index contributed by atoms with van der Waals surface area (Å²) in [6, 6.07) is 5.83. The zero-order valence-electron chi connectivity index (χ0n) is 16.4. The molecule has 1 atom stereocenters. The number of ether oxygens (including phenoxy) is 1. The van der Waals surface area contributed by atoms with E-state index in [9.17, 15) is 14.4 Å². The van der Waals surface area contributed by atoms with E-state index in [1.54, 1.807) is 18.7 Å². The van der Waals surface area contributed by atoms with Crippen LogP contribution in [0.15, 0.2) is 18.2 Å². The molecule has 0 saturated carbocycles. The van der Waals surface area contributed by atoms with Gasteiger partial charge in [0.25, 0.3) is 0 Å². The van der Waals surface area contributed by atoms with Crippen LogP contribution in [0.4, 0.5) is 10.8 Å². The van der Waals surface area contributed by atoms with Crippen molar-refractivity contribution in [1.82, 2.24) is 4.98 Å². The minimum Gasteiger partial charge on any atom is -0.462 e. The molecular weight excluding hydrogens is 378 g/mol. The number of benzene rings is 1. The van der Waals surface area contributed by atoms with Crippen LogP contribution < -0.4 is 10.2 Å². The third-order valence-corrected chi connectivity index (χ3v) is 5.84. The summed E-state index contributed by atoms with van der Waals surface area (Å²) in [5.41, 5.74) is 3.57. The fourth-order valence-electron chi connectivity index (χ4n) is 3.07. The number of amides is 2. The van der Waals surface area contributed by atoms with E-state index in [1.165, 1.54) is 0 Å². The van der Waals surface area contributed by atoms with Crippen LogP contribution in [-0.4, -0.2) is 35.9 Å². The summed E-state index contributed by atoms with van der Waals surface area (Å²) in [7, 11) is 0. The lowest BCUT2D eigenvalue weighted by Crippen LogP contribution is -2.28. The fourth-order valence-corrected chi connectivity index (χ4v) is 3.93. The molecule has 2 aromatic rings. The number of thiazole rings is 1. The van der Waals surface area contributed by atoms with Crippen LogP contribution in [0.1, 0.15) is 39.8 Å². The Morgan fingerprint density at radius 2 is 2.04 bits per heavy atom. The standard InChI is InChI=1S/C20H23N3O4S/c1-5-27-19(26)17-13(4)21-20(28-17)22-18(25)14-9-16(24)23(10-14)15-7-6-11(2)12(3)8-15/h6-8,14H,5,9-10H2,1-4H3,(H,21,22,25)/t14-/m0/s1. The summed E-state index contributed by atoms with van der Waals surface area (Å²) < 4.78 is 4.99. The first-order valence-electron chi connectivity index (χ1n) is 9.13. The van der Waals surface area contributed by atoms with Gasteiger partial charge in [-0.3, -0.25) is 9.59 Å². The highest BCUT2D eigenvalue weighted by Gasteiger charge is 2.35.